The van der Waals surface area contributed by atoms with Crippen LogP contribution >= 0.6 is 0 Å². The van der Waals surface area contributed by atoms with Crippen LogP contribution in [0.1, 0.15) is 48.2 Å². The quantitative estimate of drug-likeness (QED) is 0.677. The van der Waals surface area contributed by atoms with Gasteiger partial charge in [0.15, 0.2) is 0 Å². The smallest absolute Gasteiger partial charge is 0.338 e. The zero-order chi connectivity index (χ0) is 18.1. The fourth-order valence-electron chi connectivity index (χ4n) is 2.58. The third-order valence-electron chi connectivity index (χ3n) is 3.90. The van der Waals surface area contributed by atoms with E-state index in [1.807, 2.05) is 55.5 Å². The van der Waals surface area contributed by atoms with E-state index in [2.05, 4.69) is 0 Å². The standard InChI is InChI=1S/C21H24O4/c1-3-18(15-20(22)24-4-2)25-21(23)19-13-9-8-12-17(19)14-16-10-6-5-7-11-16/h5-13,18H,3-4,14-15H2,1-2H3. The minimum Gasteiger partial charge on any atom is -0.466 e. The van der Waals surface area contributed by atoms with E-state index in [1.54, 1.807) is 13.0 Å². The van der Waals surface area contributed by atoms with Crippen LogP contribution in [0, 0.1) is 0 Å². The number of hydrogen-bond acceptors (Lipinski definition) is 4. The minimum atomic E-state index is -0.476. The number of carbonyl (C=O) groups excluding carboxylic acids is 2. The molecule has 0 aliphatic rings. The van der Waals surface area contributed by atoms with E-state index in [-0.39, 0.29) is 12.4 Å². The fourth-order valence-corrected chi connectivity index (χ4v) is 2.58. The maximum absolute atomic E-state index is 12.6. The molecule has 0 fully saturated rings. The lowest BCUT2D eigenvalue weighted by Gasteiger charge is -2.17. The lowest BCUT2D eigenvalue weighted by molar-refractivity contribution is -0.145. The van der Waals surface area contributed by atoms with Crippen molar-refractivity contribution in [3.05, 3.63) is 71.3 Å². The Labute approximate surface area is 148 Å². The molecule has 4 nitrogen and oxygen atoms in total. The maximum atomic E-state index is 12.6. The Balaban J connectivity index is 2.09. The number of ether oxygens (including phenoxy) is 2. The van der Waals surface area contributed by atoms with Crippen LogP contribution in [-0.2, 0) is 20.7 Å². The van der Waals surface area contributed by atoms with Crippen molar-refractivity contribution < 1.29 is 19.1 Å². The van der Waals surface area contributed by atoms with Crippen molar-refractivity contribution in [2.24, 2.45) is 0 Å². The minimum absolute atomic E-state index is 0.0803. The van der Waals surface area contributed by atoms with Crippen molar-refractivity contribution in [3.63, 3.8) is 0 Å². The van der Waals surface area contributed by atoms with Gasteiger partial charge in [0, 0.05) is 0 Å². The highest BCUT2D eigenvalue weighted by atomic mass is 16.6. The zero-order valence-corrected chi connectivity index (χ0v) is 14.7. The summed E-state index contributed by atoms with van der Waals surface area (Å²) in [7, 11) is 0. The number of hydrogen-bond donors (Lipinski definition) is 0. The SMILES string of the molecule is CCOC(=O)CC(CC)OC(=O)c1ccccc1Cc1ccccc1. The van der Waals surface area contributed by atoms with E-state index < -0.39 is 12.1 Å². The van der Waals surface area contributed by atoms with E-state index in [0.717, 1.165) is 11.1 Å². The highest BCUT2D eigenvalue weighted by Crippen LogP contribution is 2.17. The van der Waals surface area contributed by atoms with Crippen LogP contribution < -0.4 is 0 Å². The molecule has 0 saturated heterocycles. The monoisotopic (exact) mass is 340 g/mol. The van der Waals surface area contributed by atoms with Crippen LogP contribution in [0.4, 0.5) is 0 Å². The normalized spacial score (nSPS) is 11.6. The molecule has 0 bridgehead atoms. The number of esters is 2. The summed E-state index contributed by atoms with van der Waals surface area (Å²) in [5.41, 5.74) is 2.57. The molecule has 25 heavy (non-hydrogen) atoms. The predicted octanol–water partition coefficient (Wildman–Crippen LogP) is 4.17. The first-order valence-electron chi connectivity index (χ1n) is 8.62. The van der Waals surface area contributed by atoms with Gasteiger partial charge in [0.05, 0.1) is 18.6 Å². The molecule has 2 aromatic rings. The number of rotatable bonds is 8. The third-order valence-corrected chi connectivity index (χ3v) is 3.90. The fraction of sp³-hybridized carbons (Fsp3) is 0.333. The van der Waals surface area contributed by atoms with Crippen LogP contribution in [0.5, 0.6) is 0 Å². The van der Waals surface area contributed by atoms with Gasteiger partial charge in [-0.15, -0.1) is 0 Å². The van der Waals surface area contributed by atoms with Crippen molar-refractivity contribution in [1.82, 2.24) is 0 Å². The second-order valence-electron chi connectivity index (χ2n) is 5.76. The van der Waals surface area contributed by atoms with E-state index in [9.17, 15) is 9.59 Å². The van der Waals surface area contributed by atoms with E-state index >= 15 is 0 Å². The van der Waals surface area contributed by atoms with Crippen molar-refractivity contribution in [1.29, 1.82) is 0 Å². The van der Waals surface area contributed by atoms with Gasteiger partial charge in [0.2, 0.25) is 0 Å². The van der Waals surface area contributed by atoms with Crippen LogP contribution in [-0.4, -0.2) is 24.6 Å². The third kappa shape index (κ3) is 5.75. The van der Waals surface area contributed by atoms with E-state index in [4.69, 9.17) is 9.47 Å². The van der Waals surface area contributed by atoms with Crippen molar-refractivity contribution in [2.45, 2.75) is 39.2 Å². The Morgan fingerprint density at radius 2 is 1.64 bits per heavy atom. The maximum Gasteiger partial charge on any atom is 0.338 e. The van der Waals surface area contributed by atoms with Gasteiger partial charge < -0.3 is 9.47 Å². The molecule has 2 aromatic carbocycles. The molecule has 0 aromatic heterocycles. The summed E-state index contributed by atoms with van der Waals surface area (Å²) in [4.78, 5) is 24.2. The topological polar surface area (TPSA) is 52.6 Å². The van der Waals surface area contributed by atoms with Crippen molar-refractivity contribution in [3.8, 4) is 0 Å². The highest BCUT2D eigenvalue weighted by Gasteiger charge is 2.20. The molecule has 0 aliphatic carbocycles. The molecule has 0 saturated carbocycles. The molecular weight excluding hydrogens is 316 g/mol. The molecule has 132 valence electrons. The van der Waals surface area contributed by atoms with Gasteiger partial charge in [-0.3, -0.25) is 4.79 Å². The summed E-state index contributed by atoms with van der Waals surface area (Å²) in [5.74, 6) is -0.748. The van der Waals surface area contributed by atoms with Gasteiger partial charge in [-0.1, -0.05) is 55.5 Å². The van der Waals surface area contributed by atoms with Gasteiger partial charge in [-0.05, 0) is 37.0 Å². The predicted molar refractivity (Wildman–Crippen MR) is 96.4 cm³/mol. The largest absolute Gasteiger partial charge is 0.466 e. The Morgan fingerprint density at radius 3 is 2.32 bits per heavy atom. The first kappa shape index (κ1) is 18.7. The van der Waals surface area contributed by atoms with Gasteiger partial charge in [-0.25, -0.2) is 4.79 Å². The second-order valence-corrected chi connectivity index (χ2v) is 5.76. The summed E-state index contributed by atoms with van der Waals surface area (Å²) in [6.45, 7) is 3.96. The molecule has 4 heteroatoms. The Morgan fingerprint density at radius 1 is 0.960 bits per heavy atom. The molecule has 2 rings (SSSR count). The molecule has 0 spiro atoms. The van der Waals surface area contributed by atoms with Crippen LogP contribution in [0.25, 0.3) is 0 Å². The van der Waals surface area contributed by atoms with E-state index in [1.165, 1.54) is 0 Å². The van der Waals surface area contributed by atoms with Gasteiger partial charge >= 0.3 is 11.9 Å². The summed E-state index contributed by atoms with van der Waals surface area (Å²) >= 11 is 0. The van der Waals surface area contributed by atoms with Gasteiger partial charge in [-0.2, -0.15) is 0 Å². The molecular formula is C21H24O4. The highest BCUT2D eigenvalue weighted by molar-refractivity contribution is 5.91. The molecule has 0 radical (unpaired) electrons. The summed E-state index contributed by atoms with van der Waals surface area (Å²) < 4.78 is 10.5. The summed E-state index contributed by atoms with van der Waals surface area (Å²) in [6.07, 6.45) is 0.819. The summed E-state index contributed by atoms with van der Waals surface area (Å²) in [6, 6.07) is 17.4. The first-order chi connectivity index (χ1) is 12.1. The number of benzene rings is 2. The first-order valence-corrected chi connectivity index (χ1v) is 8.62. The van der Waals surface area contributed by atoms with Gasteiger partial charge in [0.25, 0.3) is 0 Å². The molecule has 0 amide bonds. The molecule has 0 heterocycles. The number of carbonyl (C=O) groups is 2. The zero-order valence-electron chi connectivity index (χ0n) is 14.7. The van der Waals surface area contributed by atoms with Crippen LogP contribution in [0.2, 0.25) is 0 Å². The van der Waals surface area contributed by atoms with Gasteiger partial charge in [0.1, 0.15) is 6.10 Å². The lowest BCUT2D eigenvalue weighted by Crippen LogP contribution is -2.23. The summed E-state index contributed by atoms with van der Waals surface area (Å²) in [5, 5.41) is 0. The van der Waals surface area contributed by atoms with E-state index in [0.29, 0.717) is 25.0 Å². The average Bonchev–Trinajstić information content (AvgIpc) is 2.62. The molecule has 1 atom stereocenters. The van der Waals surface area contributed by atoms with Crippen molar-refractivity contribution >= 4 is 11.9 Å². The molecule has 1 unspecified atom stereocenters. The Hall–Kier alpha value is -2.62. The molecule has 0 aliphatic heterocycles. The Bertz CT molecular complexity index is 694. The van der Waals surface area contributed by atoms with Crippen LogP contribution in [0.3, 0.4) is 0 Å². The van der Waals surface area contributed by atoms with Crippen LogP contribution in [0.15, 0.2) is 54.6 Å². The molecule has 0 N–H and O–H groups in total. The Kier molecular flexibility index (Phi) is 7.20. The second kappa shape index (κ2) is 9.62. The van der Waals surface area contributed by atoms with Crippen molar-refractivity contribution in [2.75, 3.05) is 6.61 Å². The average molecular weight is 340 g/mol. The lowest BCUT2D eigenvalue weighted by atomic mass is 10.00.